The van der Waals surface area contributed by atoms with E-state index in [0.717, 1.165) is 31.2 Å². The Kier molecular flexibility index (Phi) is 6.89. The van der Waals surface area contributed by atoms with Crippen molar-refractivity contribution in [1.82, 2.24) is 15.6 Å². The van der Waals surface area contributed by atoms with Crippen molar-refractivity contribution in [2.75, 3.05) is 0 Å². The molecule has 29 heavy (non-hydrogen) atoms. The van der Waals surface area contributed by atoms with E-state index < -0.39 is 21.8 Å². The zero-order valence-corrected chi connectivity index (χ0v) is 17.2. The van der Waals surface area contributed by atoms with Crippen LogP contribution in [0.25, 0.3) is 0 Å². The van der Waals surface area contributed by atoms with Gasteiger partial charge >= 0.3 is 0 Å². The second kappa shape index (κ2) is 9.39. The minimum Gasteiger partial charge on any atom is -0.273 e. The highest BCUT2D eigenvalue weighted by Crippen LogP contribution is 2.20. The summed E-state index contributed by atoms with van der Waals surface area (Å²) in [5.74, 6) is -1.01. The third-order valence-corrected chi connectivity index (χ3v) is 6.45. The Morgan fingerprint density at radius 3 is 2.38 bits per heavy atom. The van der Waals surface area contributed by atoms with E-state index in [4.69, 9.17) is 11.6 Å². The second-order valence-corrected chi connectivity index (χ2v) is 9.09. The first-order valence-electron chi connectivity index (χ1n) is 9.29. The summed E-state index contributed by atoms with van der Waals surface area (Å²) in [6.45, 7) is 0. The van der Waals surface area contributed by atoms with Crippen molar-refractivity contribution in [2.24, 2.45) is 0 Å². The third kappa shape index (κ3) is 6.03. The molecule has 2 amide bonds. The fourth-order valence-electron chi connectivity index (χ4n) is 3.17. The molecule has 3 N–H and O–H groups in total. The van der Waals surface area contributed by atoms with Crippen LogP contribution >= 0.6 is 11.6 Å². The van der Waals surface area contributed by atoms with Crippen molar-refractivity contribution in [1.29, 1.82) is 0 Å². The normalized spacial score (nSPS) is 14.5. The van der Waals surface area contributed by atoms with E-state index in [1.807, 2.05) is 0 Å². The van der Waals surface area contributed by atoms with Crippen LogP contribution in [0.5, 0.6) is 0 Å². The number of rotatable bonds is 6. The molecule has 2 aromatic rings. The molecular weight excluding hydrogens is 414 g/mol. The molecule has 0 unspecified atom stereocenters. The number of carbonyl (C=O) groups excluding carboxylic acids is 2. The molecule has 0 spiro atoms. The van der Waals surface area contributed by atoms with Crippen LogP contribution in [0.3, 0.4) is 0 Å². The maximum Gasteiger partial charge on any atom is 0.269 e. The first-order valence-corrected chi connectivity index (χ1v) is 11.2. The highest BCUT2D eigenvalue weighted by molar-refractivity contribution is 7.89. The summed E-state index contributed by atoms with van der Waals surface area (Å²) in [5.41, 5.74) is 5.50. The number of halogens is 1. The van der Waals surface area contributed by atoms with Crippen molar-refractivity contribution in [2.45, 2.75) is 43.0 Å². The molecule has 0 heterocycles. The van der Waals surface area contributed by atoms with Gasteiger partial charge in [0.1, 0.15) is 0 Å². The lowest BCUT2D eigenvalue weighted by atomic mass is 10.1. The average Bonchev–Trinajstić information content (AvgIpc) is 3.20. The fourth-order valence-corrected chi connectivity index (χ4v) is 4.64. The Hall–Kier alpha value is -2.42. The molecule has 154 valence electrons. The summed E-state index contributed by atoms with van der Waals surface area (Å²) in [7, 11) is -3.70. The third-order valence-electron chi connectivity index (χ3n) is 4.68. The zero-order valence-electron chi connectivity index (χ0n) is 15.7. The SMILES string of the molecule is O=C(Cc1ccc(Cl)cc1)NNC(=O)c1cccc(S(=O)(=O)NC2CCCC2)c1. The van der Waals surface area contributed by atoms with Crippen LogP contribution in [0.2, 0.25) is 5.02 Å². The molecule has 3 rings (SSSR count). The van der Waals surface area contributed by atoms with Crippen molar-refractivity contribution in [3.05, 3.63) is 64.7 Å². The van der Waals surface area contributed by atoms with E-state index in [1.54, 1.807) is 24.3 Å². The average molecular weight is 436 g/mol. The van der Waals surface area contributed by atoms with Gasteiger partial charge in [-0.3, -0.25) is 20.4 Å². The summed E-state index contributed by atoms with van der Waals surface area (Å²) < 4.78 is 27.7. The van der Waals surface area contributed by atoms with Crippen LogP contribution in [-0.4, -0.2) is 26.3 Å². The van der Waals surface area contributed by atoms with Gasteiger partial charge in [-0.25, -0.2) is 13.1 Å². The van der Waals surface area contributed by atoms with Gasteiger partial charge in [-0.05, 0) is 48.7 Å². The lowest BCUT2D eigenvalue weighted by Crippen LogP contribution is -2.42. The summed E-state index contributed by atoms with van der Waals surface area (Å²) >= 11 is 5.81. The van der Waals surface area contributed by atoms with Crippen LogP contribution in [-0.2, 0) is 21.2 Å². The van der Waals surface area contributed by atoms with Crippen molar-refractivity contribution < 1.29 is 18.0 Å². The highest BCUT2D eigenvalue weighted by Gasteiger charge is 2.23. The minimum atomic E-state index is -3.70. The van der Waals surface area contributed by atoms with E-state index in [-0.39, 0.29) is 22.9 Å². The molecule has 1 fully saturated rings. The van der Waals surface area contributed by atoms with Crippen LogP contribution in [0.1, 0.15) is 41.6 Å². The van der Waals surface area contributed by atoms with Gasteiger partial charge in [0.2, 0.25) is 15.9 Å². The molecule has 0 saturated heterocycles. The molecule has 7 nitrogen and oxygen atoms in total. The molecule has 0 bridgehead atoms. The van der Waals surface area contributed by atoms with Crippen LogP contribution in [0, 0.1) is 0 Å². The number of benzene rings is 2. The predicted octanol–water partition coefficient (Wildman–Crippen LogP) is 2.56. The van der Waals surface area contributed by atoms with Gasteiger partial charge in [0.15, 0.2) is 0 Å². The standard InChI is InChI=1S/C20H22ClN3O4S/c21-16-10-8-14(9-11-16)12-19(25)22-23-20(26)15-4-3-7-18(13-15)29(27,28)24-17-5-1-2-6-17/h3-4,7-11,13,17,24H,1-2,5-6,12H2,(H,22,25)(H,23,26). The summed E-state index contributed by atoms with van der Waals surface area (Å²) in [5, 5.41) is 0.569. The van der Waals surface area contributed by atoms with E-state index in [0.29, 0.717) is 5.02 Å². The molecule has 1 aliphatic carbocycles. The molecule has 0 aromatic heterocycles. The Labute approximate surface area is 174 Å². The molecule has 1 saturated carbocycles. The van der Waals surface area contributed by atoms with E-state index >= 15 is 0 Å². The quantitative estimate of drug-likeness (QED) is 0.606. The number of carbonyl (C=O) groups is 2. The van der Waals surface area contributed by atoms with Gasteiger partial charge in [0.05, 0.1) is 11.3 Å². The van der Waals surface area contributed by atoms with Crippen LogP contribution in [0.4, 0.5) is 0 Å². The minimum absolute atomic E-state index is 0.0181. The molecule has 9 heteroatoms. The Morgan fingerprint density at radius 1 is 1.00 bits per heavy atom. The van der Waals surface area contributed by atoms with Crippen LogP contribution < -0.4 is 15.6 Å². The maximum absolute atomic E-state index is 12.5. The largest absolute Gasteiger partial charge is 0.273 e. The van der Waals surface area contributed by atoms with E-state index in [2.05, 4.69) is 15.6 Å². The fraction of sp³-hybridized carbons (Fsp3) is 0.300. The van der Waals surface area contributed by atoms with Crippen molar-refractivity contribution in [3.8, 4) is 0 Å². The van der Waals surface area contributed by atoms with Gasteiger partial charge in [-0.1, -0.05) is 42.6 Å². The van der Waals surface area contributed by atoms with Gasteiger partial charge in [-0.2, -0.15) is 0 Å². The van der Waals surface area contributed by atoms with E-state index in [9.17, 15) is 18.0 Å². The van der Waals surface area contributed by atoms with Gasteiger partial charge < -0.3 is 0 Å². The number of hydrazine groups is 1. The van der Waals surface area contributed by atoms with Gasteiger partial charge in [0, 0.05) is 16.6 Å². The number of sulfonamides is 1. The molecule has 0 aliphatic heterocycles. The predicted molar refractivity (Wildman–Crippen MR) is 110 cm³/mol. The monoisotopic (exact) mass is 435 g/mol. The number of nitrogens with one attached hydrogen (secondary N) is 3. The molecule has 0 radical (unpaired) electrons. The molecule has 1 aliphatic rings. The zero-order chi connectivity index (χ0) is 20.9. The Balaban J connectivity index is 1.58. The first kappa shape index (κ1) is 21.3. The van der Waals surface area contributed by atoms with E-state index in [1.165, 1.54) is 24.3 Å². The Morgan fingerprint density at radius 2 is 1.69 bits per heavy atom. The second-order valence-electron chi connectivity index (χ2n) is 6.94. The summed E-state index contributed by atoms with van der Waals surface area (Å²) in [6.07, 6.45) is 3.71. The summed E-state index contributed by atoms with van der Waals surface area (Å²) in [6, 6.07) is 12.4. The summed E-state index contributed by atoms with van der Waals surface area (Å²) in [4.78, 5) is 24.3. The lowest BCUT2D eigenvalue weighted by molar-refractivity contribution is -0.121. The Bertz CT molecular complexity index is 987. The maximum atomic E-state index is 12.5. The first-order chi connectivity index (χ1) is 13.8. The molecule has 2 aromatic carbocycles. The number of hydrogen-bond donors (Lipinski definition) is 3. The van der Waals surface area contributed by atoms with Crippen molar-refractivity contribution in [3.63, 3.8) is 0 Å². The van der Waals surface area contributed by atoms with Gasteiger partial charge in [-0.15, -0.1) is 0 Å². The lowest BCUT2D eigenvalue weighted by Gasteiger charge is -2.13. The molecular formula is C20H22ClN3O4S. The number of amides is 2. The van der Waals surface area contributed by atoms with Crippen LogP contribution in [0.15, 0.2) is 53.4 Å². The highest BCUT2D eigenvalue weighted by atomic mass is 35.5. The topological polar surface area (TPSA) is 104 Å². The molecule has 0 atom stereocenters. The number of hydrogen-bond acceptors (Lipinski definition) is 4. The smallest absolute Gasteiger partial charge is 0.269 e. The van der Waals surface area contributed by atoms with Gasteiger partial charge in [0.25, 0.3) is 5.91 Å². The van der Waals surface area contributed by atoms with Crippen molar-refractivity contribution >= 4 is 33.4 Å².